The predicted octanol–water partition coefficient (Wildman–Crippen LogP) is -0.271. The third-order valence-corrected chi connectivity index (χ3v) is 2.28. The molecule has 0 bridgehead atoms. The lowest BCUT2D eigenvalue weighted by atomic mass is 10.0. The van der Waals surface area contributed by atoms with Gasteiger partial charge in [-0.1, -0.05) is 6.92 Å². The molecule has 3 atom stereocenters. The van der Waals surface area contributed by atoms with Gasteiger partial charge in [0.25, 0.3) is 0 Å². The molecule has 1 saturated heterocycles. The average Bonchev–Trinajstić information content (AvgIpc) is 2.09. The van der Waals surface area contributed by atoms with Crippen molar-refractivity contribution in [3.8, 4) is 0 Å². The van der Waals surface area contributed by atoms with Crippen LogP contribution in [0.25, 0.3) is 0 Å². The van der Waals surface area contributed by atoms with Gasteiger partial charge in [-0.05, 0) is 14.0 Å². The molecule has 0 aromatic carbocycles. The lowest BCUT2D eigenvalue weighted by Gasteiger charge is -2.12. The van der Waals surface area contributed by atoms with Crippen molar-refractivity contribution in [2.24, 2.45) is 5.92 Å². The molecule has 10 heavy (non-hydrogen) atoms. The number of carbonyl (C=O) groups excluding carboxylic acids is 1. The topological polar surface area (TPSA) is 41.1 Å². The maximum atomic E-state index is 11.1. The highest BCUT2D eigenvalue weighted by Gasteiger charge is 2.35. The molecular formula is C7H14N2O. The lowest BCUT2D eigenvalue weighted by molar-refractivity contribution is -0.121. The Balaban J connectivity index is 2.64. The molecule has 0 radical (unpaired) electrons. The van der Waals surface area contributed by atoms with Crippen molar-refractivity contribution in [2.45, 2.75) is 25.9 Å². The van der Waals surface area contributed by atoms with Crippen LogP contribution in [0.1, 0.15) is 13.8 Å². The summed E-state index contributed by atoms with van der Waals surface area (Å²) >= 11 is 0. The molecule has 0 saturated carbocycles. The zero-order valence-electron chi connectivity index (χ0n) is 6.64. The summed E-state index contributed by atoms with van der Waals surface area (Å²) in [5.41, 5.74) is 0. The maximum absolute atomic E-state index is 11.1. The molecule has 3 nitrogen and oxygen atoms in total. The molecule has 0 aromatic rings. The number of carbonyl (C=O) groups is 1. The maximum Gasteiger partial charge on any atom is 0.237 e. The molecule has 1 heterocycles. The molecule has 1 fully saturated rings. The van der Waals surface area contributed by atoms with Crippen molar-refractivity contribution in [3.63, 3.8) is 0 Å². The Morgan fingerprint density at radius 1 is 1.50 bits per heavy atom. The summed E-state index contributed by atoms with van der Waals surface area (Å²) in [4.78, 5) is 11.1. The average molecular weight is 142 g/mol. The van der Waals surface area contributed by atoms with Gasteiger partial charge in [0.15, 0.2) is 0 Å². The first-order valence-electron chi connectivity index (χ1n) is 3.64. The summed E-state index contributed by atoms with van der Waals surface area (Å²) in [5.74, 6) is 0.528. The van der Waals surface area contributed by atoms with Crippen LogP contribution in [0, 0.1) is 5.92 Å². The molecule has 58 valence electrons. The van der Waals surface area contributed by atoms with Gasteiger partial charge < -0.3 is 10.6 Å². The SMILES string of the molecule is CN[C@H]1C(=O)N[C@@H](C)[C@@H]1C. The fraction of sp³-hybridized carbons (Fsp3) is 0.857. The number of amides is 1. The van der Waals surface area contributed by atoms with Gasteiger partial charge in [0.2, 0.25) is 5.91 Å². The van der Waals surface area contributed by atoms with Crippen molar-refractivity contribution in [1.29, 1.82) is 0 Å². The van der Waals surface area contributed by atoms with Crippen LogP contribution in [0.4, 0.5) is 0 Å². The molecule has 2 N–H and O–H groups in total. The van der Waals surface area contributed by atoms with Gasteiger partial charge in [0.05, 0.1) is 6.04 Å². The van der Waals surface area contributed by atoms with Gasteiger partial charge in [-0.2, -0.15) is 0 Å². The van der Waals surface area contributed by atoms with Gasteiger partial charge in [-0.15, -0.1) is 0 Å². The Labute approximate surface area is 61.2 Å². The minimum atomic E-state index is 0.00926. The van der Waals surface area contributed by atoms with Gasteiger partial charge in [0.1, 0.15) is 0 Å². The molecule has 0 aliphatic carbocycles. The summed E-state index contributed by atoms with van der Waals surface area (Å²) < 4.78 is 0. The second kappa shape index (κ2) is 2.58. The van der Waals surface area contributed by atoms with E-state index in [9.17, 15) is 4.79 Å². The van der Waals surface area contributed by atoms with Crippen molar-refractivity contribution < 1.29 is 4.79 Å². The van der Waals surface area contributed by atoms with E-state index in [-0.39, 0.29) is 11.9 Å². The fourth-order valence-electron chi connectivity index (χ4n) is 1.37. The molecule has 0 unspecified atom stereocenters. The van der Waals surface area contributed by atoms with Crippen molar-refractivity contribution >= 4 is 5.91 Å². The number of hydrogen-bond donors (Lipinski definition) is 2. The zero-order chi connectivity index (χ0) is 7.72. The van der Waals surface area contributed by atoms with E-state index in [1.54, 1.807) is 0 Å². The monoisotopic (exact) mass is 142 g/mol. The number of likely N-dealkylation sites (N-methyl/N-ethyl adjacent to an activating group) is 1. The Bertz CT molecular complexity index is 147. The van der Waals surface area contributed by atoms with Gasteiger partial charge in [0, 0.05) is 12.0 Å². The predicted molar refractivity (Wildman–Crippen MR) is 39.6 cm³/mol. The van der Waals surface area contributed by atoms with E-state index in [1.165, 1.54) is 0 Å². The molecular weight excluding hydrogens is 128 g/mol. The Morgan fingerprint density at radius 2 is 2.10 bits per heavy atom. The minimum Gasteiger partial charge on any atom is -0.352 e. The molecule has 0 spiro atoms. The van der Waals surface area contributed by atoms with Crippen molar-refractivity contribution in [3.05, 3.63) is 0 Å². The smallest absolute Gasteiger partial charge is 0.237 e. The number of nitrogens with one attached hydrogen (secondary N) is 2. The summed E-state index contributed by atoms with van der Waals surface area (Å²) in [6.45, 7) is 4.10. The van der Waals surface area contributed by atoms with Crippen LogP contribution in [0.15, 0.2) is 0 Å². The fourth-order valence-corrected chi connectivity index (χ4v) is 1.37. The third-order valence-electron chi connectivity index (χ3n) is 2.28. The highest BCUT2D eigenvalue weighted by Crippen LogP contribution is 2.15. The van der Waals surface area contributed by atoms with Crippen LogP contribution in [-0.4, -0.2) is 25.0 Å². The molecule has 1 amide bonds. The van der Waals surface area contributed by atoms with Gasteiger partial charge in [-0.3, -0.25) is 4.79 Å². The highest BCUT2D eigenvalue weighted by atomic mass is 16.2. The standard InChI is InChI=1S/C7H14N2O/c1-4-5(2)9-7(10)6(4)8-3/h4-6,8H,1-3H3,(H,9,10)/t4-,5-,6+/m0/s1. The number of rotatable bonds is 1. The zero-order valence-corrected chi connectivity index (χ0v) is 6.64. The second-order valence-corrected chi connectivity index (χ2v) is 2.92. The Morgan fingerprint density at radius 3 is 2.30 bits per heavy atom. The first kappa shape index (κ1) is 7.54. The van der Waals surface area contributed by atoms with Crippen LogP contribution in [0.2, 0.25) is 0 Å². The molecule has 1 aliphatic rings. The van der Waals surface area contributed by atoms with Crippen LogP contribution in [-0.2, 0) is 4.79 Å². The quantitative estimate of drug-likeness (QED) is 0.529. The van der Waals surface area contributed by atoms with E-state index in [2.05, 4.69) is 17.6 Å². The van der Waals surface area contributed by atoms with E-state index in [0.717, 1.165) is 0 Å². The first-order chi connectivity index (χ1) is 4.66. The summed E-state index contributed by atoms with van der Waals surface area (Å²) in [5, 5.41) is 5.85. The normalized spacial score (nSPS) is 39.9. The number of hydrogen-bond acceptors (Lipinski definition) is 2. The Hall–Kier alpha value is -0.570. The van der Waals surface area contributed by atoms with Gasteiger partial charge in [-0.25, -0.2) is 0 Å². The summed E-state index contributed by atoms with van der Waals surface area (Å²) in [6, 6.07) is 0.319. The Kier molecular flexibility index (Phi) is 1.94. The van der Waals surface area contributed by atoms with Crippen molar-refractivity contribution in [1.82, 2.24) is 10.6 Å². The van der Waals surface area contributed by atoms with E-state index in [0.29, 0.717) is 12.0 Å². The summed E-state index contributed by atoms with van der Waals surface area (Å²) in [7, 11) is 1.82. The van der Waals surface area contributed by atoms with Crippen LogP contribution < -0.4 is 10.6 Å². The highest BCUT2D eigenvalue weighted by molar-refractivity contribution is 5.84. The van der Waals surface area contributed by atoms with E-state index in [4.69, 9.17) is 0 Å². The minimum absolute atomic E-state index is 0.00926. The molecule has 1 rings (SSSR count). The lowest BCUT2D eigenvalue weighted by Crippen LogP contribution is -2.36. The molecule has 0 aromatic heterocycles. The summed E-state index contributed by atoms with van der Waals surface area (Å²) in [6.07, 6.45) is 0. The second-order valence-electron chi connectivity index (χ2n) is 2.92. The van der Waals surface area contributed by atoms with Crippen molar-refractivity contribution in [2.75, 3.05) is 7.05 Å². The third kappa shape index (κ3) is 1.01. The molecule has 1 aliphatic heterocycles. The van der Waals surface area contributed by atoms with Gasteiger partial charge >= 0.3 is 0 Å². The van der Waals surface area contributed by atoms with E-state index < -0.39 is 0 Å². The van der Waals surface area contributed by atoms with E-state index >= 15 is 0 Å². The molecule has 3 heteroatoms. The first-order valence-corrected chi connectivity index (χ1v) is 3.64. The van der Waals surface area contributed by atoms with E-state index in [1.807, 2.05) is 14.0 Å². The van der Waals surface area contributed by atoms with Crippen LogP contribution in [0.5, 0.6) is 0 Å². The van der Waals surface area contributed by atoms with Crippen LogP contribution in [0.3, 0.4) is 0 Å². The van der Waals surface area contributed by atoms with Crippen LogP contribution >= 0.6 is 0 Å². The largest absolute Gasteiger partial charge is 0.352 e.